The fourth-order valence-corrected chi connectivity index (χ4v) is 3.81. The minimum absolute atomic E-state index is 0.00543. The normalized spacial score (nSPS) is 11.5. The van der Waals surface area contributed by atoms with E-state index in [0.29, 0.717) is 21.8 Å². The van der Waals surface area contributed by atoms with E-state index in [-0.39, 0.29) is 24.4 Å². The summed E-state index contributed by atoms with van der Waals surface area (Å²) in [5.41, 5.74) is 2.89. The van der Waals surface area contributed by atoms with Gasteiger partial charge in [-0.3, -0.25) is 19.3 Å². The molecule has 0 saturated heterocycles. The van der Waals surface area contributed by atoms with Crippen molar-refractivity contribution in [3.05, 3.63) is 94.8 Å². The largest absolute Gasteiger partial charge is 0.497 e. The molecule has 1 atom stereocenters. The van der Waals surface area contributed by atoms with E-state index in [0.717, 1.165) is 16.9 Å². The Bertz CT molecular complexity index is 1380. The van der Waals surface area contributed by atoms with E-state index in [4.69, 9.17) is 17.0 Å². The third-order valence-corrected chi connectivity index (χ3v) is 5.78. The molecule has 0 spiro atoms. The van der Waals surface area contributed by atoms with Crippen LogP contribution in [0, 0.1) is 4.77 Å². The number of nitrogens with zero attached hydrogens (tertiary/aromatic N) is 2. The molecule has 178 valence electrons. The van der Waals surface area contributed by atoms with Crippen LogP contribution < -0.4 is 15.4 Å². The molecule has 0 aliphatic carbocycles. The van der Waals surface area contributed by atoms with Crippen molar-refractivity contribution in [2.45, 2.75) is 19.5 Å². The summed E-state index contributed by atoms with van der Waals surface area (Å²) in [4.78, 5) is 25.3. The number of methoxy groups -OCH3 is 1. The molecule has 4 rings (SSSR count). The van der Waals surface area contributed by atoms with Gasteiger partial charge in [-0.15, -0.1) is 0 Å². The molecule has 2 amide bonds. The first-order valence-corrected chi connectivity index (χ1v) is 11.4. The summed E-state index contributed by atoms with van der Waals surface area (Å²) in [6.07, 6.45) is 0. The van der Waals surface area contributed by atoms with Gasteiger partial charge in [0.1, 0.15) is 12.3 Å². The average molecular weight is 488 g/mol. The molecule has 9 heteroatoms. The second-order valence-electron chi connectivity index (χ2n) is 7.90. The Morgan fingerprint density at radius 1 is 1.06 bits per heavy atom. The predicted octanol–water partition coefficient (Wildman–Crippen LogP) is 4.75. The lowest BCUT2D eigenvalue weighted by atomic mass is 10.1. The molecule has 8 nitrogen and oxygen atoms in total. The van der Waals surface area contributed by atoms with Gasteiger partial charge in [-0.05, 0) is 73.2 Å². The lowest BCUT2D eigenvalue weighted by molar-refractivity contribution is -0.122. The van der Waals surface area contributed by atoms with Crippen LogP contribution in [-0.4, -0.2) is 33.7 Å². The first kappa shape index (κ1) is 23.9. The highest BCUT2D eigenvalue weighted by Crippen LogP contribution is 2.22. The van der Waals surface area contributed by atoms with Crippen molar-refractivity contribution in [1.82, 2.24) is 20.1 Å². The molecule has 3 N–H and O–H groups in total. The Hall–Kier alpha value is -4.24. The van der Waals surface area contributed by atoms with Crippen molar-refractivity contribution in [3.8, 4) is 17.1 Å². The average Bonchev–Trinajstić information content (AvgIpc) is 3.24. The highest BCUT2D eigenvalue weighted by atomic mass is 32.1. The van der Waals surface area contributed by atoms with Crippen molar-refractivity contribution in [3.63, 3.8) is 0 Å². The number of hydrogen-bond acceptors (Lipinski definition) is 5. The van der Waals surface area contributed by atoms with Gasteiger partial charge in [-0.25, -0.2) is 0 Å². The predicted molar refractivity (Wildman–Crippen MR) is 137 cm³/mol. The van der Waals surface area contributed by atoms with Crippen LogP contribution in [0.25, 0.3) is 11.4 Å². The second kappa shape index (κ2) is 10.8. The van der Waals surface area contributed by atoms with E-state index in [1.54, 1.807) is 23.8 Å². The summed E-state index contributed by atoms with van der Waals surface area (Å²) in [6.45, 7) is 1.89. The van der Waals surface area contributed by atoms with E-state index in [1.807, 2.05) is 73.7 Å². The second-order valence-corrected chi connectivity index (χ2v) is 8.29. The molecule has 0 aliphatic heterocycles. The molecule has 0 aliphatic rings. The zero-order chi connectivity index (χ0) is 24.8. The zero-order valence-corrected chi connectivity index (χ0v) is 20.1. The molecular formula is C26H25N5O3S. The molecule has 0 fully saturated rings. The monoisotopic (exact) mass is 487 g/mol. The number of rotatable bonds is 8. The Morgan fingerprint density at radius 2 is 1.80 bits per heavy atom. The number of aromatic nitrogens is 3. The lowest BCUT2D eigenvalue weighted by Gasteiger charge is -2.16. The van der Waals surface area contributed by atoms with Gasteiger partial charge in [-0.2, -0.15) is 5.10 Å². The molecular weight excluding hydrogens is 462 g/mol. The number of nitrogens with one attached hydrogen (secondary N) is 3. The third-order valence-electron chi connectivity index (χ3n) is 5.47. The van der Waals surface area contributed by atoms with Crippen molar-refractivity contribution >= 4 is 29.7 Å². The van der Waals surface area contributed by atoms with Gasteiger partial charge in [-0.1, -0.05) is 30.3 Å². The van der Waals surface area contributed by atoms with Gasteiger partial charge in [0, 0.05) is 16.8 Å². The van der Waals surface area contributed by atoms with E-state index in [2.05, 4.69) is 20.8 Å². The smallest absolute Gasteiger partial charge is 0.255 e. The topological polar surface area (TPSA) is 101 Å². The Kier molecular flexibility index (Phi) is 7.37. The summed E-state index contributed by atoms with van der Waals surface area (Å²) >= 11 is 5.34. The molecule has 1 unspecified atom stereocenters. The van der Waals surface area contributed by atoms with Gasteiger partial charge in [0.15, 0.2) is 10.6 Å². The molecule has 0 bridgehead atoms. The van der Waals surface area contributed by atoms with E-state index >= 15 is 0 Å². The molecule has 1 aromatic heterocycles. The minimum Gasteiger partial charge on any atom is -0.497 e. The van der Waals surface area contributed by atoms with Crippen LogP contribution in [0.3, 0.4) is 0 Å². The SMILES string of the molecule is COc1ccc(-c2n[nH]c(=S)n2CC(=O)NC(C)c2cccc(NC(=O)c3ccccc3)c2)cc1. The summed E-state index contributed by atoms with van der Waals surface area (Å²) in [5.74, 6) is 0.873. The summed E-state index contributed by atoms with van der Waals surface area (Å²) in [7, 11) is 1.60. The van der Waals surface area contributed by atoms with Crippen LogP contribution in [0.2, 0.25) is 0 Å². The standard InChI is InChI=1S/C26H25N5O3S/c1-17(20-9-6-10-21(15-20)28-25(33)19-7-4-3-5-8-19)27-23(32)16-31-24(29-30-26(31)35)18-11-13-22(34-2)14-12-18/h3-15,17H,16H2,1-2H3,(H,27,32)(H,28,33)(H,30,35). The summed E-state index contributed by atoms with van der Waals surface area (Å²) < 4.78 is 7.20. The van der Waals surface area contributed by atoms with Crippen molar-refractivity contribution in [2.24, 2.45) is 0 Å². The number of anilines is 1. The number of carbonyl (C=O) groups is 2. The van der Waals surface area contributed by atoms with Crippen LogP contribution >= 0.6 is 12.2 Å². The van der Waals surface area contributed by atoms with E-state index < -0.39 is 0 Å². The number of carbonyl (C=O) groups excluding carboxylic acids is 2. The fourth-order valence-electron chi connectivity index (χ4n) is 3.62. The van der Waals surface area contributed by atoms with Crippen LogP contribution in [-0.2, 0) is 11.3 Å². The van der Waals surface area contributed by atoms with E-state index in [1.165, 1.54) is 0 Å². The lowest BCUT2D eigenvalue weighted by Crippen LogP contribution is -2.30. The van der Waals surface area contributed by atoms with Crippen molar-refractivity contribution in [2.75, 3.05) is 12.4 Å². The van der Waals surface area contributed by atoms with Crippen molar-refractivity contribution in [1.29, 1.82) is 0 Å². The van der Waals surface area contributed by atoms with Gasteiger partial charge in [0.05, 0.1) is 13.2 Å². The molecule has 0 radical (unpaired) electrons. The highest BCUT2D eigenvalue weighted by molar-refractivity contribution is 7.71. The molecule has 35 heavy (non-hydrogen) atoms. The van der Waals surface area contributed by atoms with Gasteiger partial charge in [0.2, 0.25) is 5.91 Å². The van der Waals surface area contributed by atoms with Gasteiger partial charge < -0.3 is 15.4 Å². The maximum Gasteiger partial charge on any atom is 0.255 e. The van der Waals surface area contributed by atoms with Crippen LogP contribution in [0.15, 0.2) is 78.9 Å². The maximum atomic E-state index is 12.9. The number of aromatic amines is 1. The minimum atomic E-state index is -0.290. The number of H-pyrrole nitrogens is 1. The Balaban J connectivity index is 1.43. The van der Waals surface area contributed by atoms with Crippen molar-refractivity contribution < 1.29 is 14.3 Å². The molecule has 1 heterocycles. The van der Waals surface area contributed by atoms with Gasteiger partial charge >= 0.3 is 0 Å². The quantitative estimate of drug-likeness (QED) is 0.312. The van der Waals surface area contributed by atoms with Crippen LogP contribution in [0.4, 0.5) is 5.69 Å². The summed E-state index contributed by atoms with van der Waals surface area (Å²) in [6, 6.07) is 23.5. The fraction of sp³-hybridized carbons (Fsp3) is 0.154. The first-order valence-electron chi connectivity index (χ1n) is 11.0. The maximum absolute atomic E-state index is 12.9. The third kappa shape index (κ3) is 5.82. The number of amides is 2. The van der Waals surface area contributed by atoms with Gasteiger partial charge in [0.25, 0.3) is 5.91 Å². The molecule has 0 saturated carbocycles. The number of benzene rings is 3. The first-order chi connectivity index (χ1) is 16.9. The Labute approximate surface area is 208 Å². The Morgan fingerprint density at radius 3 is 2.51 bits per heavy atom. The zero-order valence-electron chi connectivity index (χ0n) is 19.3. The highest BCUT2D eigenvalue weighted by Gasteiger charge is 2.16. The van der Waals surface area contributed by atoms with Crippen LogP contribution in [0.1, 0.15) is 28.9 Å². The van der Waals surface area contributed by atoms with Crippen LogP contribution in [0.5, 0.6) is 5.75 Å². The number of hydrogen-bond donors (Lipinski definition) is 3. The van der Waals surface area contributed by atoms with E-state index in [9.17, 15) is 9.59 Å². The molecule has 4 aromatic rings. The summed E-state index contributed by atoms with van der Waals surface area (Å²) in [5, 5.41) is 12.9. The molecule has 3 aromatic carbocycles. The number of ether oxygens (including phenoxy) is 1.